The number of benzene rings is 3. The summed E-state index contributed by atoms with van der Waals surface area (Å²) in [5.74, 6) is -1.31. The van der Waals surface area contributed by atoms with Crippen LogP contribution in [0.3, 0.4) is 0 Å². The van der Waals surface area contributed by atoms with Crippen LogP contribution < -0.4 is 5.32 Å². The predicted molar refractivity (Wildman–Crippen MR) is 135 cm³/mol. The van der Waals surface area contributed by atoms with Crippen molar-refractivity contribution in [1.29, 1.82) is 0 Å². The Morgan fingerprint density at radius 2 is 1.88 bits per heavy atom. The molecule has 0 heterocycles. The van der Waals surface area contributed by atoms with E-state index in [2.05, 4.69) is 19.2 Å². The highest BCUT2D eigenvalue weighted by Crippen LogP contribution is 2.26. The van der Waals surface area contributed by atoms with Crippen molar-refractivity contribution < 1.29 is 19.0 Å². The lowest BCUT2D eigenvalue weighted by Crippen LogP contribution is -2.42. The van der Waals surface area contributed by atoms with Gasteiger partial charge in [0.15, 0.2) is 0 Å². The van der Waals surface area contributed by atoms with Gasteiger partial charge in [0.25, 0.3) is 0 Å². The van der Waals surface area contributed by atoms with E-state index >= 15 is 0 Å². The van der Waals surface area contributed by atoms with Crippen LogP contribution >= 0.6 is 11.6 Å². The van der Waals surface area contributed by atoms with Gasteiger partial charge in [-0.3, -0.25) is 0 Å². The van der Waals surface area contributed by atoms with Crippen molar-refractivity contribution in [2.24, 2.45) is 0 Å². The number of hydrogen-bond acceptors (Lipinski definition) is 3. The molecule has 0 aromatic heterocycles. The standard InChI is InChI=1S/C28H31ClFNO3/c1-19-15-21(10-11-23(19)27(32)33)24-8-5-4-7-22(24)18-34-14-6-13-31-28(2,3)17-20-9-12-25(29)26(30)16-20/h4-5,7-12,15-16,31H,6,13-14,17-18H2,1-3H3,(H,32,33). The minimum Gasteiger partial charge on any atom is -0.478 e. The third-order valence-corrected chi connectivity index (χ3v) is 6.05. The highest BCUT2D eigenvalue weighted by Gasteiger charge is 2.18. The van der Waals surface area contributed by atoms with Crippen molar-refractivity contribution in [3.8, 4) is 11.1 Å². The van der Waals surface area contributed by atoms with Crippen LogP contribution in [0.15, 0.2) is 60.7 Å². The van der Waals surface area contributed by atoms with E-state index in [4.69, 9.17) is 16.3 Å². The van der Waals surface area contributed by atoms with Gasteiger partial charge in [-0.25, -0.2) is 9.18 Å². The van der Waals surface area contributed by atoms with Crippen LogP contribution in [0.5, 0.6) is 0 Å². The molecule has 0 aliphatic carbocycles. The molecular formula is C28H31ClFNO3. The topological polar surface area (TPSA) is 58.6 Å². The number of carboxylic acids is 1. The molecule has 4 nitrogen and oxygen atoms in total. The van der Waals surface area contributed by atoms with E-state index in [9.17, 15) is 14.3 Å². The summed E-state index contributed by atoms with van der Waals surface area (Å²) in [6.45, 7) is 7.85. The van der Waals surface area contributed by atoms with Crippen molar-refractivity contribution in [1.82, 2.24) is 5.32 Å². The number of halogens is 2. The van der Waals surface area contributed by atoms with Gasteiger partial charge < -0.3 is 15.2 Å². The second kappa shape index (κ2) is 11.6. The minimum atomic E-state index is -0.919. The molecule has 3 aromatic rings. The number of aromatic carboxylic acids is 1. The van der Waals surface area contributed by atoms with E-state index in [-0.39, 0.29) is 10.6 Å². The molecule has 0 aliphatic rings. The van der Waals surface area contributed by atoms with Gasteiger partial charge in [-0.05, 0) is 86.2 Å². The Morgan fingerprint density at radius 1 is 1.12 bits per heavy atom. The first-order valence-electron chi connectivity index (χ1n) is 11.4. The molecule has 0 unspecified atom stereocenters. The summed E-state index contributed by atoms with van der Waals surface area (Å²) in [4.78, 5) is 11.3. The van der Waals surface area contributed by atoms with Crippen molar-refractivity contribution in [2.75, 3.05) is 13.2 Å². The number of rotatable bonds is 11. The Morgan fingerprint density at radius 3 is 2.59 bits per heavy atom. The maximum Gasteiger partial charge on any atom is 0.335 e. The predicted octanol–water partition coefficient (Wildman–Crippen LogP) is 6.67. The molecule has 0 bridgehead atoms. The molecule has 0 amide bonds. The molecule has 34 heavy (non-hydrogen) atoms. The van der Waals surface area contributed by atoms with Gasteiger partial charge in [0.1, 0.15) is 5.82 Å². The average Bonchev–Trinajstić information content (AvgIpc) is 2.78. The fraction of sp³-hybridized carbons (Fsp3) is 0.321. The van der Waals surface area contributed by atoms with Crippen LogP contribution in [0, 0.1) is 12.7 Å². The summed E-state index contributed by atoms with van der Waals surface area (Å²) < 4.78 is 19.6. The van der Waals surface area contributed by atoms with E-state index in [1.807, 2.05) is 49.4 Å². The van der Waals surface area contributed by atoms with E-state index in [1.54, 1.807) is 12.1 Å². The number of carboxylic acid groups (broad SMARTS) is 1. The molecule has 0 radical (unpaired) electrons. The minimum absolute atomic E-state index is 0.139. The van der Waals surface area contributed by atoms with Gasteiger partial charge in [0.2, 0.25) is 0 Å². The molecule has 180 valence electrons. The van der Waals surface area contributed by atoms with Crippen molar-refractivity contribution >= 4 is 17.6 Å². The maximum absolute atomic E-state index is 13.7. The lowest BCUT2D eigenvalue weighted by atomic mass is 9.95. The molecule has 0 saturated heterocycles. The summed E-state index contributed by atoms with van der Waals surface area (Å²) in [5, 5.41) is 12.9. The summed E-state index contributed by atoms with van der Waals surface area (Å²) in [6, 6.07) is 18.3. The Kier molecular flexibility index (Phi) is 8.84. The normalized spacial score (nSPS) is 11.6. The van der Waals surface area contributed by atoms with Crippen LogP contribution in [0.4, 0.5) is 4.39 Å². The van der Waals surface area contributed by atoms with Crippen molar-refractivity contribution in [2.45, 2.75) is 45.8 Å². The van der Waals surface area contributed by atoms with Crippen molar-refractivity contribution in [3.05, 3.63) is 93.8 Å². The fourth-order valence-corrected chi connectivity index (χ4v) is 4.12. The third-order valence-electron chi connectivity index (χ3n) is 5.74. The molecule has 0 aliphatic heterocycles. The van der Waals surface area contributed by atoms with Crippen LogP contribution in [0.2, 0.25) is 5.02 Å². The lowest BCUT2D eigenvalue weighted by molar-refractivity contribution is 0.0696. The van der Waals surface area contributed by atoms with E-state index in [0.717, 1.165) is 40.8 Å². The molecule has 6 heteroatoms. The number of nitrogens with one attached hydrogen (secondary N) is 1. The summed E-state index contributed by atoms with van der Waals surface area (Å²) in [6.07, 6.45) is 1.53. The maximum atomic E-state index is 13.7. The van der Waals surface area contributed by atoms with E-state index in [1.165, 1.54) is 6.07 Å². The largest absolute Gasteiger partial charge is 0.478 e. The zero-order valence-electron chi connectivity index (χ0n) is 19.8. The second-order valence-corrected chi connectivity index (χ2v) is 9.54. The zero-order valence-corrected chi connectivity index (χ0v) is 20.6. The van der Waals surface area contributed by atoms with Crippen LogP contribution in [0.25, 0.3) is 11.1 Å². The molecule has 0 saturated carbocycles. The van der Waals surface area contributed by atoms with Crippen LogP contribution in [-0.4, -0.2) is 29.8 Å². The molecule has 0 spiro atoms. The first-order chi connectivity index (χ1) is 16.2. The van der Waals surface area contributed by atoms with Gasteiger partial charge in [0.05, 0.1) is 17.2 Å². The Hall–Kier alpha value is -2.73. The number of hydrogen-bond donors (Lipinski definition) is 2. The second-order valence-electron chi connectivity index (χ2n) is 9.13. The van der Waals surface area contributed by atoms with Crippen LogP contribution in [0.1, 0.15) is 47.3 Å². The Bertz CT molecular complexity index is 1150. The fourth-order valence-electron chi connectivity index (χ4n) is 4.00. The van der Waals surface area contributed by atoms with Gasteiger partial charge >= 0.3 is 5.97 Å². The van der Waals surface area contributed by atoms with Gasteiger partial charge in [-0.15, -0.1) is 0 Å². The van der Waals surface area contributed by atoms with E-state index in [0.29, 0.717) is 25.2 Å². The first kappa shape index (κ1) is 25.9. The summed E-state index contributed by atoms with van der Waals surface area (Å²) >= 11 is 5.77. The molecule has 0 fully saturated rings. The van der Waals surface area contributed by atoms with Gasteiger partial charge in [0, 0.05) is 12.1 Å². The zero-order chi connectivity index (χ0) is 24.7. The quantitative estimate of drug-likeness (QED) is 0.299. The lowest BCUT2D eigenvalue weighted by Gasteiger charge is -2.26. The molecule has 0 atom stereocenters. The summed E-state index contributed by atoms with van der Waals surface area (Å²) in [7, 11) is 0. The third kappa shape index (κ3) is 7.13. The van der Waals surface area contributed by atoms with Gasteiger partial charge in [-0.2, -0.15) is 0 Å². The smallest absolute Gasteiger partial charge is 0.335 e. The highest BCUT2D eigenvalue weighted by atomic mass is 35.5. The van der Waals surface area contributed by atoms with Crippen molar-refractivity contribution in [3.63, 3.8) is 0 Å². The number of carbonyl (C=O) groups is 1. The molecule has 3 rings (SSSR count). The summed E-state index contributed by atoms with van der Waals surface area (Å²) in [5.41, 5.74) is 4.83. The van der Waals surface area contributed by atoms with Crippen LogP contribution in [-0.2, 0) is 17.8 Å². The van der Waals surface area contributed by atoms with E-state index < -0.39 is 11.8 Å². The Labute approximate surface area is 205 Å². The SMILES string of the molecule is Cc1cc(-c2ccccc2COCCCNC(C)(C)Cc2ccc(Cl)c(F)c2)ccc1C(=O)O. The molecule has 3 aromatic carbocycles. The Balaban J connectivity index is 1.49. The van der Waals surface area contributed by atoms with Gasteiger partial charge in [-0.1, -0.05) is 54.1 Å². The first-order valence-corrected chi connectivity index (χ1v) is 11.7. The monoisotopic (exact) mass is 483 g/mol. The molecular weight excluding hydrogens is 453 g/mol. The number of ether oxygens (including phenoxy) is 1. The average molecular weight is 484 g/mol. The highest BCUT2D eigenvalue weighted by molar-refractivity contribution is 6.30. The number of aryl methyl sites for hydroxylation is 1. The molecule has 2 N–H and O–H groups in total.